The average molecular weight is 350 g/mol. The standard InChI is InChI=1S/C24H31NO/c1-4-23(22-13-12-20-7-5-6-8-21(20)16-22)25-24(26)14-11-19-10-9-17(2)18(3)15-19/h9-10,12-13,15-16,23H,4-8,11,14H2,1-3H3,(H,25,26)/t23-/m0/s1. The first kappa shape index (κ1) is 18.7. The van der Waals surface area contributed by atoms with Crippen LogP contribution in [0.3, 0.4) is 0 Å². The predicted molar refractivity (Wildman–Crippen MR) is 108 cm³/mol. The second kappa shape index (κ2) is 8.53. The number of fused-ring (bicyclic) bond motifs is 1. The number of hydrogen-bond acceptors (Lipinski definition) is 1. The molecule has 0 bridgehead atoms. The van der Waals surface area contributed by atoms with E-state index in [1.54, 1.807) is 0 Å². The van der Waals surface area contributed by atoms with Gasteiger partial charge in [0, 0.05) is 6.42 Å². The van der Waals surface area contributed by atoms with E-state index in [1.807, 2.05) is 0 Å². The number of aryl methyl sites for hydroxylation is 5. The van der Waals surface area contributed by atoms with E-state index < -0.39 is 0 Å². The number of carbonyl (C=O) groups is 1. The highest BCUT2D eigenvalue weighted by molar-refractivity contribution is 5.76. The molecule has 3 rings (SSSR count). The lowest BCUT2D eigenvalue weighted by atomic mass is 9.88. The van der Waals surface area contributed by atoms with Crippen LogP contribution in [0.15, 0.2) is 36.4 Å². The molecule has 0 unspecified atom stereocenters. The molecule has 2 nitrogen and oxygen atoms in total. The van der Waals surface area contributed by atoms with E-state index in [4.69, 9.17) is 0 Å². The molecule has 0 aromatic heterocycles. The number of nitrogens with one attached hydrogen (secondary N) is 1. The van der Waals surface area contributed by atoms with Gasteiger partial charge in [-0.3, -0.25) is 4.79 Å². The number of amides is 1. The Labute approximate surface area is 158 Å². The van der Waals surface area contributed by atoms with Crippen LogP contribution in [0.2, 0.25) is 0 Å². The van der Waals surface area contributed by atoms with Gasteiger partial charge in [-0.1, -0.05) is 43.3 Å². The minimum atomic E-state index is 0.120. The Balaban J connectivity index is 1.60. The largest absolute Gasteiger partial charge is 0.349 e. The van der Waals surface area contributed by atoms with Crippen molar-refractivity contribution in [2.75, 3.05) is 0 Å². The first-order valence-corrected chi connectivity index (χ1v) is 10.0. The monoisotopic (exact) mass is 349 g/mol. The normalized spacial score (nSPS) is 14.6. The fourth-order valence-electron chi connectivity index (χ4n) is 3.87. The van der Waals surface area contributed by atoms with Crippen molar-refractivity contribution in [1.29, 1.82) is 0 Å². The zero-order valence-corrected chi connectivity index (χ0v) is 16.4. The fourth-order valence-corrected chi connectivity index (χ4v) is 3.87. The third-order valence-electron chi connectivity index (χ3n) is 5.73. The fraction of sp³-hybridized carbons (Fsp3) is 0.458. The summed E-state index contributed by atoms with van der Waals surface area (Å²) < 4.78 is 0. The van der Waals surface area contributed by atoms with Gasteiger partial charge in [0.1, 0.15) is 0 Å². The zero-order valence-electron chi connectivity index (χ0n) is 16.4. The summed E-state index contributed by atoms with van der Waals surface area (Å²) in [6.45, 7) is 6.39. The highest BCUT2D eigenvalue weighted by Gasteiger charge is 2.16. The van der Waals surface area contributed by atoms with Crippen LogP contribution < -0.4 is 5.32 Å². The molecule has 0 saturated carbocycles. The Morgan fingerprint density at radius 1 is 1.00 bits per heavy atom. The van der Waals surface area contributed by atoms with Crippen molar-refractivity contribution >= 4 is 5.91 Å². The van der Waals surface area contributed by atoms with Crippen molar-refractivity contribution in [2.45, 2.75) is 71.8 Å². The summed E-state index contributed by atoms with van der Waals surface area (Å²) in [4.78, 5) is 12.5. The highest BCUT2D eigenvalue weighted by atomic mass is 16.1. The Morgan fingerprint density at radius 3 is 2.50 bits per heavy atom. The lowest BCUT2D eigenvalue weighted by Crippen LogP contribution is -2.28. The van der Waals surface area contributed by atoms with E-state index >= 15 is 0 Å². The van der Waals surface area contributed by atoms with Gasteiger partial charge < -0.3 is 5.32 Å². The van der Waals surface area contributed by atoms with E-state index in [9.17, 15) is 4.79 Å². The third-order valence-corrected chi connectivity index (χ3v) is 5.73. The highest BCUT2D eigenvalue weighted by Crippen LogP contribution is 2.26. The number of rotatable bonds is 6. The van der Waals surface area contributed by atoms with E-state index in [0.29, 0.717) is 6.42 Å². The zero-order chi connectivity index (χ0) is 18.5. The van der Waals surface area contributed by atoms with Gasteiger partial charge in [-0.15, -0.1) is 0 Å². The van der Waals surface area contributed by atoms with E-state index in [1.165, 1.54) is 59.1 Å². The summed E-state index contributed by atoms with van der Waals surface area (Å²) in [5.74, 6) is 0.146. The average Bonchev–Trinajstić information content (AvgIpc) is 2.66. The van der Waals surface area contributed by atoms with Crippen molar-refractivity contribution in [1.82, 2.24) is 5.32 Å². The number of hydrogen-bond donors (Lipinski definition) is 1. The summed E-state index contributed by atoms with van der Waals surface area (Å²) in [5, 5.41) is 3.25. The minimum absolute atomic E-state index is 0.120. The quantitative estimate of drug-likeness (QED) is 0.745. The van der Waals surface area contributed by atoms with Crippen LogP contribution in [0.5, 0.6) is 0 Å². The SMILES string of the molecule is CC[C@H](NC(=O)CCc1ccc(C)c(C)c1)c1ccc2c(c1)CCCC2. The molecular formula is C24H31NO. The van der Waals surface area contributed by atoms with Gasteiger partial charge in [-0.25, -0.2) is 0 Å². The summed E-state index contributed by atoms with van der Waals surface area (Å²) in [6.07, 6.45) is 7.25. The van der Waals surface area contributed by atoms with E-state index in [2.05, 4.69) is 62.5 Å². The Bertz CT molecular complexity index is 778. The van der Waals surface area contributed by atoms with Crippen molar-refractivity contribution in [2.24, 2.45) is 0 Å². The molecule has 2 aromatic rings. The summed E-state index contributed by atoms with van der Waals surface area (Å²) in [6, 6.07) is 13.4. The molecule has 0 spiro atoms. The van der Waals surface area contributed by atoms with Gasteiger partial charge >= 0.3 is 0 Å². The van der Waals surface area contributed by atoms with E-state index in [-0.39, 0.29) is 11.9 Å². The molecular weight excluding hydrogens is 318 g/mol. The molecule has 2 aromatic carbocycles. The molecule has 1 amide bonds. The summed E-state index contributed by atoms with van der Waals surface area (Å²) >= 11 is 0. The predicted octanol–water partition coefficient (Wildman–Crippen LogP) is 5.38. The maximum Gasteiger partial charge on any atom is 0.220 e. The maximum absolute atomic E-state index is 12.5. The van der Waals surface area contributed by atoms with Gasteiger partial charge in [-0.05, 0) is 85.8 Å². The second-order valence-corrected chi connectivity index (χ2v) is 7.68. The summed E-state index contributed by atoms with van der Waals surface area (Å²) in [7, 11) is 0. The van der Waals surface area contributed by atoms with E-state index in [0.717, 1.165) is 12.8 Å². The second-order valence-electron chi connectivity index (χ2n) is 7.68. The number of carbonyl (C=O) groups excluding carboxylic acids is 1. The van der Waals surface area contributed by atoms with Gasteiger partial charge in [-0.2, -0.15) is 0 Å². The van der Waals surface area contributed by atoms with Crippen LogP contribution in [0, 0.1) is 13.8 Å². The van der Waals surface area contributed by atoms with Crippen molar-refractivity contribution in [3.05, 3.63) is 69.8 Å². The molecule has 1 aliphatic carbocycles. The van der Waals surface area contributed by atoms with Crippen molar-refractivity contribution in [3.63, 3.8) is 0 Å². The molecule has 2 heteroatoms. The molecule has 1 atom stereocenters. The third kappa shape index (κ3) is 4.55. The first-order valence-electron chi connectivity index (χ1n) is 10.0. The van der Waals surface area contributed by atoms with Crippen LogP contribution in [-0.2, 0) is 24.1 Å². The molecule has 26 heavy (non-hydrogen) atoms. The molecule has 0 saturated heterocycles. The maximum atomic E-state index is 12.5. The molecule has 1 N–H and O–H groups in total. The topological polar surface area (TPSA) is 29.1 Å². The number of benzene rings is 2. The Hall–Kier alpha value is -2.09. The van der Waals surface area contributed by atoms with Crippen LogP contribution in [-0.4, -0.2) is 5.91 Å². The van der Waals surface area contributed by atoms with Crippen molar-refractivity contribution < 1.29 is 4.79 Å². The minimum Gasteiger partial charge on any atom is -0.349 e. The Kier molecular flexibility index (Phi) is 6.13. The van der Waals surface area contributed by atoms with Gasteiger partial charge in [0.15, 0.2) is 0 Å². The van der Waals surface area contributed by atoms with Gasteiger partial charge in [0.05, 0.1) is 6.04 Å². The van der Waals surface area contributed by atoms with Crippen LogP contribution >= 0.6 is 0 Å². The molecule has 0 radical (unpaired) electrons. The smallest absolute Gasteiger partial charge is 0.220 e. The van der Waals surface area contributed by atoms with Crippen LogP contribution in [0.25, 0.3) is 0 Å². The molecule has 0 fully saturated rings. The van der Waals surface area contributed by atoms with Crippen LogP contribution in [0.1, 0.15) is 72.0 Å². The summed E-state index contributed by atoms with van der Waals surface area (Å²) in [5.41, 5.74) is 8.07. The molecule has 0 aliphatic heterocycles. The lowest BCUT2D eigenvalue weighted by Gasteiger charge is -2.22. The molecule has 0 heterocycles. The first-order chi connectivity index (χ1) is 12.6. The lowest BCUT2D eigenvalue weighted by molar-refractivity contribution is -0.121. The van der Waals surface area contributed by atoms with Gasteiger partial charge in [0.2, 0.25) is 5.91 Å². The van der Waals surface area contributed by atoms with Gasteiger partial charge in [0.25, 0.3) is 0 Å². The molecule has 1 aliphatic rings. The van der Waals surface area contributed by atoms with Crippen LogP contribution in [0.4, 0.5) is 0 Å². The Morgan fingerprint density at radius 2 is 1.77 bits per heavy atom. The van der Waals surface area contributed by atoms with Crippen molar-refractivity contribution in [3.8, 4) is 0 Å². The molecule has 138 valence electrons.